The van der Waals surface area contributed by atoms with Gasteiger partial charge in [-0.3, -0.25) is 4.79 Å². The first kappa shape index (κ1) is 15.2. The van der Waals surface area contributed by atoms with Crippen molar-refractivity contribution in [2.45, 2.75) is 19.9 Å². The summed E-state index contributed by atoms with van der Waals surface area (Å²) in [6.45, 7) is 4.18. The van der Waals surface area contributed by atoms with Crippen LogP contribution in [0.2, 0.25) is 5.02 Å². The molecule has 1 rings (SSSR count). The molecule has 5 heteroatoms. The van der Waals surface area contributed by atoms with Gasteiger partial charge in [0.1, 0.15) is 0 Å². The standard InChI is InChI=1S/C12H14BrClINO/c1-7(2)10(6-15)16-12(17)8-4-3-5-9(13)11(8)14/h3-5,7,10H,6H2,1-2H3,(H,16,17). The Morgan fingerprint density at radius 3 is 2.71 bits per heavy atom. The number of hydrogen-bond acceptors (Lipinski definition) is 1. The Hall–Kier alpha value is 0.190. The summed E-state index contributed by atoms with van der Waals surface area (Å²) in [6, 6.07) is 5.52. The number of carbonyl (C=O) groups excluding carboxylic acids is 1. The smallest absolute Gasteiger partial charge is 0.253 e. The maximum Gasteiger partial charge on any atom is 0.253 e. The minimum atomic E-state index is -0.119. The highest BCUT2D eigenvalue weighted by molar-refractivity contribution is 14.1. The lowest BCUT2D eigenvalue weighted by molar-refractivity contribution is 0.0932. The molecule has 0 radical (unpaired) electrons. The highest BCUT2D eigenvalue weighted by Gasteiger charge is 2.18. The van der Waals surface area contributed by atoms with Crippen LogP contribution in [0.3, 0.4) is 0 Å². The molecule has 1 aromatic rings. The van der Waals surface area contributed by atoms with E-state index in [4.69, 9.17) is 11.6 Å². The van der Waals surface area contributed by atoms with Crippen molar-refractivity contribution in [1.82, 2.24) is 5.32 Å². The molecule has 94 valence electrons. The van der Waals surface area contributed by atoms with E-state index in [1.165, 1.54) is 0 Å². The van der Waals surface area contributed by atoms with Crippen LogP contribution in [-0.2, 0) is 0 Å². The Kier molecular flexibility index (Phi) is 6.23. The summed E-state index contributed by atoms with van der Waals surface area (Å²) < 4.78 is 1.62. The molecule has 0 fully saturated rings. The first-order chi connectivity index (χ1) is 7.97. The fraction of sp³-hybridized carbons (Fsp3) is 0.417. The van der Waals surface area contributed by atoms with Gasteiger partial charge in [0, 0.05) is 14.9 Å². The lowest BCUT2D eigenvalue weighted by Crippen LogP contribution is -2.39. The first-order valence-electron chi connectivity index (χ1n) is 5.28. The molecule has 0 aliphatic heterocycles. The Balaban J connectivity index is 2.86. The van der Waals surface area contributed by atoms with Gasteiger partial charge in [-0.1, -0.05) is 54.1 Å². The largest absolute Gasteiger partial charge is 0.348 e. The summed E-state index contributed by atoms with van der Waals surface area (Å²) in [5.74, 6) is 0.286. The zero-order valence-corrected chi connectivity index (χ0v) is 14.1. The number of carbonyl (C=O) groups is 1. The Morgan fingerprint density at radius 1 is 1.53 bits per heavy atom. The number of halogens is 3. The Bertz CT molecular complexity index is 411. The van der Waals surface area contributed by atoms with Gasteiger partial charge in [0.2, 0.25) is 0 Å². The van der Waals surface area contributed by atoms with Crippen LogP contribution in [0.1, 0.15) is 24.2 Å². The maximum absolute atomic E-state index is 12.1. The molecule has 0 aromatic heterocycles. The van der Waals surface area contributed by atoms with E-state index in [0.29, 0.717) is 16.5 Å². The summed E-state index contributed by atoms with van der Waals surface area (Å²) >= 11 is 11.7. The second-order valence-electron chi connectivity index (χ2n) is 4.08. The van der Waals surface area contributed by atoms with Crippen molar-refractivity contribution >= 4 is 56.0 Å². The molecule has 1 atom stereocenters. The Morgan fingerprint density at radius 2 is 2.18 bits per heavy atom. The van der Waals surface area contributed by atoms with E-state index in [1.54, 1.807) is 12.1 Å². The third-order valence-corrected chi connectivity index (χ3v) is 4.73. The topological polar surface area (TPSA) is 29.1 Å². The van der Waals surface area contributed by atoms with Crippen molar-refractivity contribution in [2.24, 2.45) is 5.92 Å². The summed E-state index contributed by atoms with van der Waals surface area (Å²) in [4.78, 5) is 12.1. The quantitative estimate of drug-likeness (QED) is 0.560. The van der Waals surface area contributed by atoms with Crippen LogP contribution in [0.15, 0.2) is 22.7 Å². The van der Waals surface area contributed by atoms with E-state index in [-0.39, 0.29) is 11.9 Å². The Labute approximate surface area is 129 Å². The number of hydrogen-bond donors (Lipinski definition) is 1. The van der Waals surface area contributed by atoms with Gasteiger partial charge in [0.25, 0.3) is 5.91 Å². The van der Waals surface area contributed by atoms with Gasteiger partial charge in [-0.15, -0.1) is 0 Å². The molecule has 1 unspecified atom stereocenters. The number of benzene rings is 1. The van der Waals surface area contributed by atoms with Crippen LogP contribution >= 0.6 is 50.1 Å². The van der Waals surface area contributed by atoms with Gasteiger partial charge in [-0.2, -0.15) is 0 Å². The molecule has 2 nitrogen and oxygen atoms in total. The van der Waals surface area contributed by atoms with Gasteiger partial charge in [0.15, 0.2) is 0 Å². The summed E-state index contributed by atoms with van der Waals surface area (Å²) in [7, 11) is 0. The minimum absolute atomic E-state index is 0.119. The van der Waals surface area contributed by atoms with Crippen LogP contribution in [-0.4, -0.2) is 16.4 Å². The number of rotatable bonds is 4. The highest BCUT2D eigenvalue weighted by atomic mass is 127. The summed E-state index contributed by atoms with van der Waals surface area (Å²) in [5.41, 5.74) is 0.511. The molecule has 1 amide bonds. The van der Waals surface area contributed by atoms with Crippen molar-refractivity contribution in [1.29, 1.82) is 0 Å². The van der Waals surface area contributed by atoms with E-state index < -0.39 is 0 Å². The molecule has 0 aliphatic rings. The zero-order chi connectivity index (χ0) is 13.0. The summed E-state index contributed by atoms with van der Waals surface area (Å²) in [5, 5.41) is 3.46. The van der Waals surface area contributed by atoms with E-state index >= 15 is 0 Å². The molecule has 0 saturated carbocycles. The SMILES string of the molecule is CC(C)C(CI)NC(=O)c1cccc(Br)c1Cl. The molecule has 17 heavy (non-hydrogen) atoms. The number of alkyl halides is 1. The average molecular weight is 431 g/mol. The monoisotopic (exact) mass is 429 g/mol. The molecule has 1 aromatic carbocycles. The van der Waals surface area contributed by atoms with E-state index in [2.05, 4.69) is 57.7 Å². The molecule has 0 aliphatic carbocycles. The van der Waals surface area contributed by atoms with Crippen LogP contribution in [0.5, 0.6) is 0 Å². The molecule has 1 N–H and O–H groups in total. The van der Waals surface area contributed by atoms with Crippen molar-refractivity contribution in [3.8, 4) is 0 Å². The fourth-order valence-corrected chi connectivity index (χ4v) is 3.12. The number of amides is 1. The van der Waals surface area contributed by atoms with Crippen LogP contribution < -0.4 is 5.32 Å². The maximum atomic E-state index is 12.1. The molecule has 0 bridgehead atoms. The average Bonchev–Trinajstić information content (AvgIpc) is 2.28. The van der Waals surface area contributed by atoms with Crippen molar-refractivity contribution in [2.75, 3.05) is 4.43 Å². The van der Waals surface area contributed by atoms with Crippen molar-refractivity contribution in [3.63, 3.8) is 0 Å². The fourth-order valence-electron chi connectivity index (χ4n) is 1.31. The predicted octanol–water partition coefficient (Wildman–Crippen LogP) is 4.29. The van der Waals surface area contributed by atoms with Crippen LogP contribution in [0.25, 0.3) is 0 Å². The normalized spacial score (nSPS) is 12.6. The van der Waals surface area contributed by atoms with E-state index in [9.17, 15) is 4.79 Å². The number of nitrogens with one attached hydrogen (secondary N) is 1. The lowest BCUT2D eigenvalue weighted by Gasteiger charge is -2.20. The minimum Gasteiger partial charge on any atom is -0.348 e. The highest BCUT2D eigenvalue weighted by Crippen LogP contribution is 2.26. The van der Waals surface area contributed by atoms with Gasteiger partial charge in [-0.25, -0.2) is 0 Å². The molecule has 0 saturated heterocycles. The lowest BCUT2D eigenvalue weighted by atomic mass is 10.1. The van der Waals surface area contributed by atoms with Crippen molar-refractivity contribution < 1.29 is 4.79 Å². The van der Waals surface area contributed by atoms with E-state index in [1.807, 2.05) is 6.07 Å². The van der Waals surface area contributed by atoms with Gasteiger partial charge in [0.05, 0.1) is 10.6 Å². The molecular weight excluding hydrogens is 416 g/mol. The molecular formula is C12H14BrClINO. The molecule has 0 spiro atoms. The second-order valence-corrected chi connectivity index (χ2v) is 6.19. The van der Waals surface area contributed by atoms with Crippen LogP contribution in [0, 0.1) is 5.92 Å². The van der Waals surface area contributed by atoms with Gasteiger partial charge >= 0.3 is 0 Å². The van der Waals surface area contributed by atoms with Crippen molar-refractivity contribution in [3.05, 3.63) is 33.3 Å². The third-order valence-electron chi connectivity index (χ3n) is 2.48. The van der Waals surface area contributed by atoms with Gasteiger partial charge < -0.3 is 5.32 Å². The van der Waals surface area contributed by atoms with Crippen LogP contribution in [0.4, 0.5) is 0 Å². The zero-order valence-electron chi connectivity index (χ0n) is 9.64. The summed E-state index contributed by atoms with van der Waals surface area (Å²) in [6.07, 6.45) is 0. The predicted molar refractivity (Wildman–Crippen MR) is 84.1 cm³/mol. The third kappa shape index (κ3) is 4.10. The van der Waals surface area contributed by atoms with Gasteiger partial charge in [-0.05, 0) is 34.0 Å². The first-order valence-corrected chi connectivity index (χ1v) is 7.97. The molecule has 0 heterocycles. The second kappa shape index (κ2) is 6.95. The van der Waals surface area contributed by atoms with E-state index in [0.717, 1.165) is 8.90 Å².